The topological polar surface area (TPSA) is 49.3 Å². The summed E-state index contributed by atoms with van der Waals surface area (Å²) in [6.45, 7) is 4.88. The van der Waals surface area contributed by atoms with Gasteiger partial charge in [0.25, 0.3) is 0 Å². The molecule has 0 aliphatic carbocycles. The van der Waals surface area contributed by atoms with Gasteiger partial charge in [-0.05, 0) is 24.9 Å². The van der Waals surface area contributed by atoms with Crippen molar-refractivity contribution in [2.75, 3.05) is 6.54 Å². The van der Waals surface area contributed by atoms with Gasteiger partial charge in [-0.3, -0.25) is 4.79 Å². The highest BCUT2D eigenvalue weighted by atomic mass is 16.4. The van der Waals surface area contributed by atoms with Crippen molar-refractivity contribution >= 4 is 5.97 Å². The molecule has 2 N–H and O–H groups in total. The molecule has 0 radical (unpaired) electrons. The molecule has 2 atom stereocenters. The Morgan fingerprint density at radius 2 is 2.00 bits per heavy atom. The molecular weight excluding hydrogens is 214 g/mol. The first-order valence-electron chi connectivity index (χ1n) is 6.13. The van der Waals surface area contributed by atoms with Crippen molar-refractivity contribution in [1.82, 2.24) is 5.32 Å². The van der Waals surface area contributed by atoms with E-state index in [9.17, 15) is 4.79 Å². The van der Waals surface area contributed by atoms with E-state index < -0.39 is 5.97 Å². The third-order valence-electron chi connectivity index (χ3n) is 3.05. The highest BCUT2D eigenvalue weighted by Crippen LogP contribution is 2.13. The lowest BCUT2D eigenvalue weighted by Gasteiger charge is -2.18. The predicted octanol–water partition coefficient (Wildman–Crippen LogP) is 2.84. The average Bonchev–Trinajstić information content (AvgIpc) is 2.34. The Labute approximate surface area is 103 Å². The van der Waals surface area contributed by atoms with Crippen LogP contribution in [0.4, 0.5) is 0 Å². The van der Waals surface area contributed by atoms with Gasteiger partial charge in [0.1, 0.15) is 0 Å². The lowest BCUT2D eigenvalue weighted by Crippen LogP contribution is -2.26. The summed E-state index contributed by atoms with van der Waals surface area (Å²) in [6.07, 6.45) is 1.13. The molecule has 0 aliphatic rings. The molecule has 0 unspecified atom stereocenters. The van der Waals surface area contributed by atoms with Gasteiger partial charge in [0.15, 0.2) is 0 Å². The van der Waals surface area contributed by atoms with E-state index in [-0.39, 0.29) is 18.4 Å². The van der Waals surface area contributed by atoms with Crippen molar-refractivity contribution in [3.8, 4) is 0 Å². The Balaban J connectivity index is 2.41. The van der Waals surface area contributed by atoms with Crippen molar-refractivity contribution in [1.29, 1.82) is 0 Å². The van der Waals surface area contributed by atoms with Crippen molar-refractivity contribution in [2.45, 2.75) is 32.7 Å². The Morgan fingerprint density at radius 1 is 1.35 bits per heavy atom. The molecule has 0 saturated heterocycles. The van der Waals surface area contributed by atoms with Gasteiger partial charge in [0.05, 0.1) is 0 Å². The molecule has 0 bridgehead atoms. The Bertz CT molecular complexity index is 337. The smallest absolute Gasteiger partial charge is 0.303 e. The van der Waals surface area contributed by atoms with Gasteiger partial charge in [0, 0.05) is 12.5 Å². The molecule has 0 spiro atoms. The van der Waals surface area contributed by atoms with E-state index in [4.69, 9.17) is 5.11 Å². The van der Waals surface area contributed by atoms with E-state index in [0.29, 0.717) is 0 Å². The maximum absolute atomic E-state index is 10.7. The Kier molecular flexibility index (Phi) is 5.70. The van der Waals surface area contributed by atoms with E-state index in [0.717, 1.165) is 13.0 Å². The van der Waals surface area contributed by atoms with Crippen LogP contribution in [0.5, 0.6) is 0 Å². The number of benzene rings is 1. The molecule has 1 aromatic rings. The molecule has 0 heterocycles. The third-order valence-corrected chi connectivity index (χ3v) is 3.05. The number of carboxylic acid groups (broad SMARTS) is 1. The summed E-state index contributed by atoms with van der Waals surface area (Å²) in [5.74, 6) is -0.510. The lowest BCUT2D eigenvalue weighted by atomic mass is 10.0. The number of hydrogen-bond acceptors (Lipinski definition) is 2. The largest absolute Gasteiger partial charge is 0.481 e. The maximum atomic E-state index is 10.7. The second-order valence-corrected chi connectivity index (χ2v) is 4.41. The molecule has 0 aromatic heterocycles. The van der Waals surface area contributed by atoms with Crippen LogP contribution in [-0.2, 0) is 4.79 Å². The zero-order valence-corrected chi connectivity index (χ0v) is 10.5. The standard InChI is InChI=1S/C14H21NO2/c1-3-12(9-14(16)17)10-15-11(2)13-7-5-4-6-8-13/h4-8,11-12,15H,3,9-10H2,1-2H3,(H,16,17)/t11-,12+/m0/s1. The number of carbonyl (C=O) groups is 1. The SMILES string of the molecule is CC[C@@H](CN[C@@H](C)c1ccccc1)CC(=O)O. The third kappa shape index (κ3) is 5.00. The molecule has 1 rings (SSSR count). The molecule has 0 amide bonds. The molecule has 1 aromatic carbocycles. The second-order valence-electron chi connectivity index (χ2n) is 4.41. The van der Waals surface area contributed by atoms with Crippen LogP contribution >= 0.6 is 0 Å². The molecule has 17 heavy (non-hydrogen) atoms. The number of nitrogens with one attached hydrogen (secondary N) is 1. The van der Waals surface area contributed by atoms with Crippen molar-refractivity contribution in [3.63, 3.8) is 0 Å². The fourth-order valence-corrected chi connectivity index (χ4v) is 1.81. The summed E-state index contributed by atoms with van der Waals surface area (Å²) >= 11 is 0. The van der Waals surface area contributed by atoms with Gasteiger partial charge < -0.3 is 10.4 Å². The minimum atomic E-state index is -0.717. The van der Waals surface area contributed by atoms with Gasteiger partial charge in [-0.1, -0.05) is 43.7 Å². The fraction of sp³-hybridized carbons (Fsp3) is 0.500. The summed E-state index contributed by atoms with van der Waals surface area (Å²) in [6, 6.07) is 10.4. The van der Waals surface area contributed by atoms with Crippen LogP contribution in [0.3, 0.4) is 0 Å². The normalized spacial score (nSPS) is 14.2. The summed E-state index contributed by atoms with van der Waals surface area (Å²) < 4.78 is 0. The van der Waals surface area contributed by atoms with Gasteiger partial charge in [-0.25, -0.2) is 0 Å². The van der Waals surface area contributed by atoms with Crippen molar-refractivity contribution in [2.24, 2.45) is 5.92 Å². The van der Waals surface area contributed by atoms with Crippen LogP contribution in [0.15, 0.2) is 30.3 Å². The summed E-state index contributed by atoms with van der Waals surface area (Å²) in [5.41, 5.74) is 1.23. The number of hydrogen-bond donors (Lipinski definition) is 2. The van der Waals surface area contributed by atoms with Gasteiger partial charge in [-0.2, -0.15) is 0 Å². The van der Waals surface area contributed by atoms with Gasteiger partial charge in [-0.15, -0.1) is 0 Å². The number of rotatable bonds is 7. The summed E-state index contributed by atoms with van der Waals surface area (Å²) in [5, 5.41) is 12.2. The lowest BCUT2D eigenvalue weighted by molar-refractivity contribution is -0.138. The van der Waals surface area contributed by atoms with Gasteiger partial charge >= 0.3 is 5.97 Å². The van der Waals surface area contributed by atoms with E-state index in [1.54, 1.807) is 0 Å². The highest BCUT2D eigenvalue weighted by molar-refractivity contribution is 5.67. The Hall–Kier alpha value is -1.35. The fourth-order valence-electron chi connectivity index (χ4n) is 1.81. The van der Waals surface area contributed by atoms with E-state index in [1.165, 1.54) is 5.56 Å². The van der Waals surface area contributed by atoms with E-state index in [2.05, 4.69) is 24.4 Å². The first-order chi connectivity index (χ1) is 8.13. The Morgan fingerprint density at radius 3 is 2.53 bits per heavy atom. The van der Waals surface area contributed by atoms with Gasteiger partial charge in [0.2, 0.25) is 0 Å². The van der Waals surface area contributed by atoms with E-state index >= 15 is 0 Å². The maximum Gasteiger partial charge on any atom is 0.303 e. The molecular formula is C14H21NO2. The van der Waals surface area contributed by atoms with Crippen LogP contribution in [-0.4, -0.2) is 17.6 Å². The van der Waals surface area contributed by atoms with Crippen LogP contribution in [0, 0.1) is 5.92 Å². The first kappa shape index (κ1) is 13.7. The molecule has 0 fully saturated rings. The molecule has 0 saturated carbocycles. The highest BCUT2D eigenvalue weighted by Gasteiger charge is 2.12. The van der Waals surface area contributed by atoms with Crippen LogP contribution < -0.4 is 5.32 Å². The number of aliphatic carboxylic acids is 1. The van der Waals surface area contributed by atoms with Crippen molar-refractivity contribution < 1.29 is 9.90 Å². The average molecular weight is 235 g/mol. The predicted molar refractivity (Wildman–Crippen MR) is 68.9 cm³/mol. The quantitative estimate of drug-likeness (QED) is 0.764. The van der Waals surface area contributed by atoms with E-state index in [1.807, 2.05) is 25.1 Å². The summed E-state index contributed by atoms with van der Waals surface area (Å²) in [4.78, 5) is 10.7. The van der Waals surface area contributed by atoms with Crippen LogP contribution in [0.1, 0.15) is 38.3 Å². The van der Waals surface area contributed by atoms with Crippen molar-refractivity contribution in [3.05, 3.63) is 35.9 Å². The minimum absolute atomic E-state index is 0.207. The molecule has 0 aliphatic heterocycles. The summed E-state index contributed by atoms with van der Waals surface area (Å²) in [7, 11) is 0. The molecule has 3 nitrogen and oxygen atoms in total. The first-order valence-corrected chi connectivity index (χ1v) is 6.13. The zero-order valence-electron chi connectivity index (χ0n) is 10.5. The molecule has 94 valence electrons. The molecule has 3 heteroatoms. The second kappa shape index (κ2) is 7.07. The van der Waals surface area contributed by atoms with Crippen LogP contribution in [0.25, 0.3) is 0 Å². The minimum Gasteiger partial charge on any atom is -0.481 e. The monoisotopic (exact) mass is 235 g/mol. The number of carboxylic acids is 1. The van der Waals surface area contributed by atoms with Crippen LogP contribution in [0.2, 0.25) is 0 Å². The zero-order chi connectivity index (χ0) is 12.7.